The molecule has 0 aliphatic heterocycles. The molecule has 0 amide bonds. The van der Waals surface area contributed by atoms with E-state index in [1.807, 2.05) is 6.07 Å². The highest BCUT2D eigenvalue weighted by molar-refractivity contribution is 7.14. The van der Waals surface area contributed by atoms with E-state index in [0.29, 0.717) is 16.9 Å². The second kappa shape index (κ2) is 11.9. The lowest BCUT2D eigenvalue weighted by Crippen LogP contribution is -2.12. The molecule has 0 fully saturated rings. The van der Waals surface area contributed by atoms with Crippen molar-refractivity contribution in [2.75, 3.05) is 13.2 Å². The van der Waals surface area contributed by atoms with E-state index in [4.69, 9.17) is 13.9 Å². The number of thiophene rings is 1. The highest BCUT2D eigenvalue weighted by atomic mass is 32.1. The number of non-ortho nitro benzene ring substituents is 1. The molecule has 190 valence electrons. The van der Waals surface area contributed by atoms with Crippen molar-refractivity contribution in [3.05, 3.63) is 78.7 Å². The number of carbonyl (C=O) groups is 3. The third-order valence-corrected chi connectivity index (χ3v) is 6.45. The average Bonchev–Trinajstić information content (AvgIpc) is 3.47. The number of Topliss-reactive ketones (excluding diaryl/α,β-unsaturated/α-hetero) is 1. The van der Waals surface area contributed by atoms with Crippen molar-refractivity contribution in [3.63, 3.8) is 0 Å². The third-order valence-electron chi connectivity index (χ3n) is 5.18. The fourth-order valence-corrected chi connectivity index (χ4v) is 4.64. The van der Waals surface area contributed by atoms with Crippen LogP contribution in [0.15, 0.2) is 46.4 Å². The van der Waals surface area contributed by atoms with E-state index in [-0.39, 0.29) is 52.0 Å². The van der Waals surface area contributed by atoms with Crippen molar-refractivity contribution in [1.82, 2.24) is 0 Å². The van der Waals surface area contributed by atoms with Gasteiger partial charge in [0, 0.05) is 35.1 Å². The summed E-state index contributed by atoms with van der Waals surface area (Å²) in [7, 11) is 0. The van der Waals surface area contributed by atoms with E-state index in [1.165, 1.54) is 30.3 Å². The monoisotopic (exact) mass is 522 g/mol. The SMILES string of the molecule is CCOC(=O)c1sc(CC(=O)/C(C#N)=C/c2ccc(-c3ccc([N+](=O)[O-])cc3)o2)c(C(=O)OCC)c1C. The van der Waals surface area contributed by atoms with Crippen LogP contribution in [0.3, 0.4) is 0 Å². The minimum Gasteiger partial charge on any atom is -0.462 e. The molecule has 1 aromatic carbocycles. The van der Waals surface area contributed by atoms with Crippen LogP contribution >= 0.6 is 11.3 Å². The molecule has 2 heterocycles. The van der Waals surface area contributed by atoms with E-state index >= 15 is 0 Å². The lowest BCUT2D eigenvalue weighted by molar-refractivity contribution is -0.384. The zero-order chi connectivity index (χ0) is 27.1. The number of furan rings is 1. The quantitative estimate of drug-likeness (QED) is 0.114. The Bertz CT molecular complexity index is 1420. The summed E-state index contributed by atoms with van der Waals surface area (Å²) in [6.07, 6.45) is 0.961. The normalized spacial score (nSPS) is 11.0. The van der Waals surface area contributed by atoms with Gasteiger partial charge in [0.15, 0.2) is 5.78 Å². The lowest BCUT2D eigenvalue weighted by Gasteiger charge is -2.05. The lowest BCUT2D eigenvalue weighted by atomic mass is 10.0. The van der Waals surface area contributed by atoms with Gasteiger partial charge in [0.05, 0.1) is 29.3 Å². The second-order valence-electron chi connectivity index (χ2n) is 7.57. The van der Waals surface area contributed by atoms with Gasteiger partial charge in [-0.1, -0.05) is 0 Å². The molecule has 0 aliphatic rings. The number of esters is 2. The van der Waals surface area contributed by atoms with E-state index in [2.05, 4.69) is 0 Å². The first-order chi connectivity index (χ1) is 17.7. The molecule has 37 heavy (non-hydrogen) atoms. The van der Waals surface area contributed by atoms with Crippen LogP contribution < -0.4 is 0 Å². The summed E-state index contributed by atoms with van der Waals surface area (Å²) in [6, 6.07) is 10.7. The Labute approximate surface area is 215 Å². The zero-order valence-electron chi connectivity index (χ0n) is 20.2. The van der Waals surface area contributed by atoms with Gasteiger partial charge >= 0.3 is 11.9 Å². The maximum atomic E-state index is 13.0. The van der Waals surface area contributed by atoms with Crippen LogP contribution in [0, 0.1) is 28.4 Å². The molecule has 2 aromatic heterocycles. The van der Waals surface area contributed by atoms with E-state index in [1.54, 1.807) is 32.9 Å². The predicted octanol–water partition coefficient (Wildman–Crippen LogP) is 5.30. The van der Waals surface area contributed by atoms with Crippen LogP contribution in [0.2, 0.25) is 0 Å². The van der Waals surface area contributed by atoms with Crippen molar-refractivity contribution >= 4 is 40.8 Å². The highest BCUT2D eigenvalue weighted by Crippen LogP contribution is 2.31. The number of hydrogen-bond acceptors (Lipinski definition) is 10. The van der Waals surface area contributed by atoms with Crippen molar-refractivity contribution in [3.8, 4) is 17.4 Å². The minimum atomic E-state index is -0.671. The Morgan fingerprint density at radius 2 is 1.73 bits per heavy atom. The largest absolute Gasteiger partial charge is 0.462 e. The number of allylic oxidation sites excluding steroid dienone is 1. The van der Waals surface area contributed by atoms with Gasteiger partial charge in [-0.05, 0) is 50.6 Å². The van der Waals surface area contributed by atoms with Gasteiger partial charge in [0.1, 0.15) is 22.5 Å². The number of carbonyl (C=O) groups excluding carboxylic acids is 3. The van der Waals surface area contributed by atoms with Crippen LogP contribution in [0.4, 0.5) is 5.69 Å². The van der Waals surface area contributed by atoms with Gasteiger partial charge in [0.25, 0.3) is 5.69 Å². The number of nitrogens with zero attached hydrogens (tertiary/aromatic N) is 2. The van der Waals surface area contributed by atoms with E-state index in [0.717, 1.165) is 11.3 Å². The molecule has 0 unspecified atom stereocenters. The van der Waals surface area contributed by atoms with E-state index < -0.39 is 22.6 Å². The zero-order valence-corrected chi connectivity index (χ0v) is 21.0. The highest BCUT2D eigenvalue weighted by Gasteiger charge is 2.28. The number of nitriles is 1. The molecule has 0 atom stereocenters. The molecule has 0 radical (unpaired) electrons. The van der Waals surface area contributed by atoms with Gasteiger partial charge in [-0.25, -0.2) is 9.59 Å². The van der Waals surface area contributed by atoms with Crippen molar-refractivity contribution in [2.45, 2.75) is 27.2 Å². The van der Waals surface area contributed by atoms with Gasteiger partial charge in [-0.2, -0.15) is 5.26 Å². The summed E-state index contributed by atoms with van der Waals surface area (Å²) in [4.78, 5) is 48.7. The number of hydrogen-bond donors (Lipinski definition) is 0. The molecule has 10 nitrogen and oxygen atoms in total. The van der Waals surface area contributed by atoms with E-state index in [9.17, 15) is 29.8 Å². The van der Waals surface area contributed by atoms with Gasteiger partial charge in [-0.15, -0.1) is 11.3 Å². The number of rotatable bonds is 10. The number of nitro groups is 1. The maximum Gasteiger partial charge on any atom is 0.348 e. The maximum absolute atomic E-state index is 13.0. The summed E-state index contributed by atoms with van der Waals surface area (Å²) < 4.78 is 15.9. The Morgan fingerprint density at radius 3 is 2.32 bits per heavy atom. The molecule has 0 bridgehead atoms. The fourth-order valence-electron chi connectivity index (χ4n) is 3.45. The minimum absolute atomic E-state index is 0.0649. The Balaban J connectivity index is 1.88. The number of nitro benzene ring substituents is 1. The predicted molar refractivity (Wildman–Crippen MR) is 134 cm³/mol. The first-order valence-electron chi connectivity index (χ1n) is 11.2. The first kappa shape index (κ1) is 27.0. The molecule has 11 heteroatoms. The Hall–Kier alpha value is -4.56. The molecule has 0 N–H and O–H groups in total. The topological polar surface area (TPSA) is 150 Å². The van der Waals surface area contributed by atoms with Crippen molar-refractivity contribution in [1.29, 1.82) is 5.26 Å². The summed E-state index contributed by atoms with van der Waals surface area (Å²) in [5, 5.41) is 20.5. The summed E-state index contributed by atoms with van der Waals surface area (Å²) >= 11 is 0.951. The van der Waals surface area contributed by atoms with Crippen LogP contribution in [0.1, 0.15) is 50.1 Å². The summed E-state index contributed by atoms with van der Waals surface area (Å²) in [5.41, 5.74) is 0.757. The molecule has 0 aliphatic carbocycles. The number of benzene rings is 1. The van der Waals surface area contributed by atoms with Gasteiger partial charge < -0.3 is 13.9 Å². The van der Waals surface area contributed by atoms with Crippen molar-refractivity contribution in [2.24, 2.45) is 0 Å². The molecule has 0 saturated heterocycles. The molecular weight excluding hydrogens is 500 g/mol. The molecule has 3 aromatic rings. The summed E-state index contributed by atoms with van der Waals surface area (Å²) in [6.45, 7) is 5.12. The molecular formula is C26H22N2O8S. The number of ether oxygens (including phenoxy) is 2. The van der Waals surface area contributed by atoms with Crippen LogP contribution in [0.25, 0.3) is 17.4 Å². The third kappa shape index (κ3) is 6.17. The smallest absolute Gasteiger partial charge is 0.348 e. The van der Waals surface area contributed by atoms with Crippen molar-refractivity contribution < 1.29 is 33.2 Å². The number of ketones is 1. The Kier molecular flexibility index (Phi) is 8.71. The molecule has 0 spiro atoms. The molecule has 3 rings (SSSR count). The molecule has 0 saturated carbocycles. The standard InChI is InChI=1S/C26H22N2O8S/c1-4-34-25(30)23-15(3)24(26(31)35-5-2)37-22(23)13-20(29)17(14-27)12-19-10-11-21(36-19)16-6-8-18(9-7-16)28(32)33/h6-12H,4-5,13H2,1-3H3/b17-12+. The average molecular weight is 523 g/mol. The fraction of sp³-hybridized carbons (Fsp3) is 0.231. The Morgan fingerprint density at radius 1 is 1.08 bits per heavy atom. The van der Waals surface area contributed by atoms with Gasteiger partial charge in [-0.3, -0.25) is 14.9 Å². The van der Waals surface area contributed by atoms with Gasteiger partial charge in [0.2, 0.25) is 0 Å². The first-order valence-corrected chi connectivity index (χ1v) is 12.0. The summed E-state index contributed by atoms with van der Waals surface area (Å²) in [5.74, 6) is -1.25. The second-order valence-corrected chi connectivity index (χ2v) is 8.68. The van der Waals surface area contributed by atoms with Crippen LogP contribution in [-0.4, -0.2) is 35.9 Å². The van der Waals surface area contributed by atoms with Crippen LogP contribution in [0.5, 0.6) is 0 Å². The van der Waals surface area contributed by atoms with Crippen LogP contribution in [-0.2, 0) is 20.7 Å².